The summed E-state index contributed by atoms with van der Waals surface area (Å²) >= 11 is 0. The van der Waals surface area contributed by atoms with Gasteiger partial charge in [-0.25, -0.2) is 4.98 Å². The van der Waals surface area contributed by atoms with Crippen molar-refractivity contribution in [3.05, 3.63) is 17.3 Å². The Morgan fingerprint density at radius 3 is 2.60 bits per heavy atom. The molecule has 1 aliphatic heterocycles. The van der Waals surface area contributed by atoms with Gasteiger partial charge in [0.05, 0.1) is 11.6 Å². The lowest BCUT2D eigenvalue weighted by Crippen LogP contribution is -2.35. The van der Waals surface area contributed by atoms with Crippen molar-refractivity contribution in [2.75, 3.05) is 13.1 Å². The minimum absolute atomic E-state index is 0.0267. The van der Waals surface area contributed by atoms with Crippen LogP contribution in [-0.2, 0) is 21.4 Å². The molecule has 0 aromatic carbocycles. The summed E-state index contributed by atoms with van der Waals surface area (Å²) in [6.07, 6.45) is 1.86. The van der Waals surface area contributed by atoms with E-state index in [2.05, 4.69) is 31.1 Å². The fraction of sp³-hybridized carbons (Fsp3) is 0.737. The van der Waals surface area contributed by atoms with Crippen molar-refractivity contribution >= 4 is 11.8 Å². The number of hydrogen-bond donors (Lipinski definition) is 1. The molecule has 2 heterocycles. The molecule has 1 saturated heterocycles. The third-order valence-electron chi connectivity index (χ3n) is 4.57. The highest BCUT2D eigenvalue weighted by Gasteiger charge is 2.35. The molecule has 25 heavy (non-hydrogen) atoms. The second kappa shape index (κ2) is 7.58. The summed E-state index contributed by atoms with van der Waals surface area (Å²) in [7, 11) is 0. The first-order chi connectivity index (χ1) is 11.6. The highest BCUT2D eigenvalue weighted by atomic mass is 16.4. The Balaban J connectivity index is 1.77. The molecule has 6 nitrogen and oxygen atoms in total. The number of oxazole rings is 1. The molecule has 1 atom stereocenters. The maximum absolute atomic E-state index is 12.2. The van der Waals surface area contributed by atoms with Crippen LogP contribution in [0.25, 0.3) is 0 Å². The summed E-state index contributed by atoms with van der Waals surface area (Å²) in [4.78, 5) is 30.4. The average molecular weight is 349 g/mol. The maximum atomic E-state index is 12.2. The van der Waals surface area contributed by atoms with Gasteiger partial charge < -0.3 is 14.6 Å². The minimum Gasteiger partial charge on any atom is -0.445 e. The van der Waals surface area contributed by atoms with E-state index in [-0.39, 0.29) is 29.2 Å². The molecule has 0 spiro atoms. The summed E-state index contributed by atoms with van der Waals surface area (Å²) in [6.45, 7) is 13.2. The summed E-state index contributed by atoms with van der Waals surface area (Å²) in [5.74, 6) is 1.46. The molecule has 1 N–H and O–H groups in total. The zero-order valence-corrected chi connectivity index (χ0v) is 16.3. The molecule has 0 aliphatic carbocycles. The van der Waals surface area contributed by atoms with Gasteiger partial charge in [-0.2, -0.15) is 0 Å². The number of nitrogens with one attached hydrogen (secondary N) is 1. The molecular weight excluding hydrogens is 318 g/mol. The van der Waals surface area contributed by atoms with Crippen LogP contribution in [0.15, 0.2) is 4.42 Å². The van der Waals surface area contributed by atoms with Crippen molar-refractivity contribution in [1.29, 1.82) is 0 Å². The molecule has 2 rings (SSSR count). The Bertz CT molecular complexity index is 628. The fourth-order valence-electron chi connectivity index (χ4n) is 2.99. The highest BCUT2D eigenvalue weighted by Crippen LogP contribution is 2.24. The van der Waals surface area contributed by atoms with Crippen molar-refractivity contribution in [2.24, 2.45) is 5.92 Å². The number of carbonyl (C=O) groups is 2. The second-order valence-electron chi connectivity index (χ2n) is 8.21. The van der Waals surface area contributed by atoms with Gasteiger partial charge in [-0.15, -0.1) is 0 Å². The summed E-state index contributed by atoms with van der Waals surface area (Å²) in [5.41, 5.74) is 0.819. The molecule has 0 radical (unpaired) electrons. The van der Waals surface area contributed by atoms with E-state index >= 15 is 0 Å². The van der Waals surface area contributed by atoms with Crippen LogP contribution in [0.3, 0.4) is 0 Å². The highest BCUT2D eigenvalue weighted by molar-refractivity contribution is 5.89. The molecule has 1 unspecified atom stereocenters. The second-order valence-corrected chi connectivity index (χ2v) is 8.21. The van der Waals surface area contributed by atoms with Crippen LogP contribution >= 0.6 is 0 Å². The molecule has 0 saturated carbocycles. The molecule has 1 aliphatic rings. The van der Waals surface area contributed by atoms with Crippen LogP contribution in [0, 0.1) is 12.8 Å². The fourth-order valence-corrected chi connectivity index (χ4v) is 2.99. The lowest BCUT2D eigenvalue weighted by molar-refractivity contribution is -0.129. The lowest BCUT2D eigenvalue weighted by atomic mass is 9.97. The number of rotatable bonds is 6. The van der Waals surface area contributed by atoms with Crippen LogP contribution in [0.2, 0.25) is 0 Å². The van der Waals surface area contributed by atoms with Gasteiger partial charge in [-0.3, -0.25) is 9.59 Å². The predicted octanol–water partition coefficient (Wildman–Crippen LogP) is 2.59. The van der Waals surface area contributed by atoms with Crippen LogP contribution in [-0.4, -0.2) is 40.8 Å². The van der Waals surface area contributed by atoms with Gasteiger partial charge >= 0.3 is 0 Å². The van der Waals surface area contributed by atoms with E-state index in [4.69, 9.17) is 4.42 Å². The summed E-state index contributed by atoms with van der Waals surface area (Å²) in [5, 5.41) is 2.95. The molecule has 1 aromatic heterocycles. The number of amides is 2. The number of aryl methyl sites for hydroxylation is 2. The van der Waals surface area contributed by atoms with Crippen molar-refractivity contribution in [3.8, 4) is 0 Å². The molecule has 0 bridgehead atoms. The van der Waals surface area contributed by atoms with Crippen LogP contribution in [0.5, 0.6) is 0 Å². The third kappa shape index (κ3) is 4.83. The van der Waals surface area contributed by atoms with Gasteiger partial charge in [-0.05, 0) is 27.2 Å². The van der Waals surface area contributed by atoms with Gasteiger partial charge in [-0.1, -0.05) is 20.8 Å². The summed E-state index contributed by atoms with van der Waals surface area (Å²) < 4.78 is 5.87. The van der Waals surface area contributed by atoms with Crippen molar-refractivity contribution in [2.45, 2.75) is 72.3 Å². The van der Waals surface area contributed by atoms with E-state index in [1.807, 2.05) is 20.8 Å². The molecule has 6 heteroatoms. The van der Waals surface area contributed by atoms with Crippen LogP contribution in [0.4, 0.5) is 0 Å². The molecule has 2 amide bonds. The predicted molar refractivity (Wildman–Crippen MR) is 96.2 cm³/mol. The Morgan fingerprint density at radius 1 is 1.40 bits per heavy atom. The average Bonchev–Trinajstić information content (AvgIpc) is 3.06. The van der Waals surface area contributed by atoms with Gasteiger partial charge in [0.1, 0.15) is 5.76 Å². The summed E-state index contributed by atoms with van der Waals surface area (Å²) in [6, 6.07) is 0.150. The first-order valence-corrected chi connectivity index (χ1v) is 9.13. The molecule has 1 fully saturated rings. The van der Waals surface area contributed by atoms with E-state index in [0.29, 0.717) is 19.5 Å². The van der Waals surface area contributed by atoms with Crippen LogP contribution in [0.1, 0.15) is 64.8 Å². The lowest BCUT2D eigenvalue weighted by Gasteiger charge is -2.20. The van der Waals surface area contributed by atoms with Crippen molar-refractivity contribution in [3.63, 3.8) is 0 Å². The largest absolute Gasteiger partial charge is 0.445 e. The monoisotopic (exact) mass is 349 g/mol. The Kier molecular flexibility index (Phi) is 5.91. The molecule has 140 valence electrons. The van der Waals surface area contributed by atoms with E-state index in [1.165, 1.54) is 0 Å². The zero-order valence-electron chi connectivity index (χ0n) is 16.3. The van der Waals surface area contributed by atoms with Crippen molar-refractivity contribution in [1.82, 2.24) is 15.2 Å². The first-order valence-electron chi connectivity index (χ1n) is 9.13. The number of carbonyl (C=O) groups excluding carboxylic acids is 2. The Labute approximate surface area is 150 Å². The van der Waals surface area contributed by atoms with Crippen LogP contribution < -0.4 is 5.32 Å². The number of hydrogen-bond acceptors (Lipinski definition) is 4. The Hall–Kier alpha value is -1.85. The standard InChI is InChI=1S/C19H31N3O3/c1-12(2)22-11-14(10-16(22)23)17(24)20-9-7-8-15-13(3)21-18(25-15)19(4,5)6/h12,14H,7-11H2,1-6H3,(H,20,24). The normalized spacial score (nSPS) is 18.3. The van der Waals surface area contributed by atoms with E-state index in [9.17, 15) is 9.59 Å². The topological polar surface area (TPSA) is 75.4 Å². The maximum Gasteiger partial charge on any atom is 0.225 e. The number of nitrogens with zero attached hydrogens (tertiary/aromatic N) is 2. The van der Waals surface area contributed by atoms with E-state index < -0.39 is 0 Å². The van der Waals surface area contributed by atoms with Crippen molar-refractivity contribution < 1.29 is 14.0 Å². The number of likely N-dealkylation sites (tertiary alicyclic amines) is 1. The van der Waals surface area contributed by atoms with E-state index in [1.54, 1.807) is 4.90 Å². The van der Waals surface area contributed by atoms with Gasteiger partial charge in [0.2, 0.25) is 11.8 Å². The minimum atomic E-state index is -0.227. The quantitative estimate of drug-likeness (QED) is 0.801. The SMILES string of the molecule is Cc1nc(C(C)(C)C)oc1CCCNC(=O)C1CC(=O)N(C(C)C)C1. The van der Waals surface area contributed by atoms with Gasteiger partial charge in [0.25, 0.3) is 0 Å². The van der Waals surface area contributed by atoms with E-state index in [0.717, 1.165) is 30.2 Å². The zero-order chi connectivity index (χ0) is 18.8. The van der Waals surface area contributed by atoms with Gasteiger partial charge in [0, 0.05) is 37.4 Å². The third-order valence-corrected chi connectivity index (χ3v) is 4.57. The molecular formula is C19H31N3O3. The first kappa shape index (κ1) is 19.5. The number of aromatic nitrogens is 1. The smallest absolute Gasteiger partial charge is 0.225 e. The Morgan fingerprint density at radius 2 is 2.08 bits per heavy atom. The van der Waals surface area contributed by atoms with Gasteiger partial charge in [0.15, 0.2) is 5.89 Å². The molecule has 1 aromatic rings.